The Bertz CT molecular complexity index is 1290. The van der Waals surface area contributed by atoms with Crippen LogP contribution in [0, 0.1) is 0 Å². The SMILES string of the molecule is CNC(=O)c1ccccc1Sc1ccc2c(/C=C/c3ccccc3)nn(C(C)=O)c2c1. The number of rotatable bonds is 5. The van der Waals surface area contributed by atoms with E-state index in [-0.39, 0.29) is 11.8 Å². The number of nitrogens with zero attached hydrogens (tertiary/aromatic N) is 2. The Morgan fingerprint density at radius 2 is 1.71 bits per heavy atom. The highest BCUT2D eigenvalue weighted by atomic mass is 32.2. The first-order valence-electron chi connectivity index (χ1n) is 9.82. The predicted octanol–water partition coefficient (Wildman–Crippen LogP) is 5.38. The molecular weight excluding hydrogens is 406 g/mol. The second kappa shape index (κ2) is 9.02. The van der Waals surface area contributed by atoms with Crippen LogP contribution >= 0.6 is 11.8 Å². The molecule has 4 rings (SSSR count). The molecule has 4 aromatic rings. The van der Waals surface area contributed by atoms with Crippen molar-refractivity contribution in [3.8, 4) is 0 Å². The molecule has 0 saturated heterocycles. The molecule has 0 bridgehead atoms. The highest BCUT2D eigenvalue weighted by Crippen LogP contribution is 2.33. The third kappa shape index (κ3) is 4.44. The average Bonchev–Trinajstić information content (AvgIpc) is 3.16. The fourth-order valence-electron chi connectivity index (χ4n) is 3.29. The first-order valence-corrected chi connectivity index (χ1v) is 10.6. The van der Waals surface area contributed by atoms with Crippen LogP contribution in [-0.4, -0.2) is 28.6 Å². The second-order valence-corrected chi connectivity index (χ2v) is 8.03. The molecule has 0 fully saturated rings. The molecule has 154 valence electrons. The zero-order valence-electron chi connectivity index (χ0n) is 17.2. The summed E-state index contributed by atoms with van der Waals surface area (Å²) in [7, 11) is 1.62. The summed E-state index contributed by atoms with van der Waals surface area (Å²) in [4.78, 5) is 26.2. The average molecular weight is 428 g/mol. The van der Waals surface area contributed by atoms with Gasteiger partial charge in [0.15, 0.2) is 0 Å². The van der Waals surface area contributed by atoms with E-state index in [0.717, 1.165) is 32.0 Å². The largest absolute Gasteiger partial charge is 0.355 e. The van der Waals surface area contributed by atoms with Gasteiger partial charge in [-0.1, -0.05) is 60.3 Å². The number of carbonyl (C=O) groups is 2. The lowest BCUT2D eigenvalue weighted by Crippen LogP contribution is -2.18. The highest BCUT2D eigenvalue weighted by Gasteiger charge is 2.15. The lowest BCUT2D eigenvalue weighted by molar-refractivity contribution is 0.0924. The van der Waals surface area contributed by atoms with Crippen molar-refractivity contribution in [2.75, 3.05) is 7.05 Å². The normalized spacial score (nSPS) is 11.2. The van der Waals surface area contributed by atoms with E-state index in [9.17, 15) is 9.59 Å². The third-order valence-electron chi connectivity index (χ3n) is 4.80. The van der Waals surface area contributed by atoms with E-state index in [0.29, 0.717) is 5.56 Å². The summed E-state index contributed by atoms with van der Waals surface area (Å²) in [5, 5.41) is 8.09. The highest BCUT2D eigenvalue weighted by molar-refractivity contribution is 7.99. The topological polar surface area (TPSA) is 64.0 Å². The number of aromatic nitrogens is 2. The Kier molecular flexibility index (Phi) is 6.00. The minimum absolute atomic E-state index is 0.133. The van der Waals surface area contributed by atoms with Gasteiger partial charge in [-0.15, -0.1) is 0 Å². The van der Waals surface area contributed by atoms with Gasteiger partial charge in [0.05, 0.1) is 16.8 Å². The Balaban J connectivity index is 1.73. The van der Waals surface area contributed by atoms with Gasteiger partial charge in [-0.2, -0.15) is 9.78 Å². The van der Waals surface area contributed by atoms with Crippen LogP contribution in [0.1, 0.15) is 33.3 Å². The van der Waals surface area contributed by atoms with Gasteiger partial charge in [0.1, 0.15) is 0 Å². The Morgan fingerprint density at radius 1 is 0.968 bits per heavy atom. The number of amides is 1. The molecule has 0 aliphatic rings. The molecule has 0 atom stereocenters. The predicted molar refractivity (Wildman–Crippen MR) is 125 cm³/mol. The van der Waals surface area contributed by atoms with Crippen molar-refractivity contribution in [3.05, 3.63) is 89.6 Å². The van der Waals surface area contributed by atoms with E-state index < -0.39 is 0 Å². The molecule has 5 nitrogen and oxygen atoms in total. The summed E-state index contributed by atoms with van der Waals surface area (Å²) in [5.74, 6) is -0.288. The molecule has 0 unspecified atom stereocenters. The van der Waals surface area contributed by atoms with Gasteiger partial charge in [-0.05, 0) is 42.0 Å². The van der Waals surface area contributed by atoms with Crippen LogP contribution in [0.25, 0.3) is 23.1 Å². The maximum atomic E-state index is 12.2. The molecular formula is C25H21N3O2S. The fourth-order valence-corrected chi connectivity index (χ4v) is 4.27. The van der Waals surface area contributed by atoms with Gasteiger partial charge in [-0.25, -0.2) is 0 Å². The van der Waals surface area contributed by atoms with Crippen molar-refractivity contribution >= 4 is 46.6 Å². The quantitative estimate of drug-likeness (QED) is 0.465. The summed E-state index contributed by atoms with van der Waals surface area (Å²) in [6.45, 7) is 1.50. The van der Waals surface area contributed by atoms with Gasteiger partial charge in [0, 0.05) is 29.1 Å². The lowest BCUT2D eigenvalue weighted by Gasteiger charge is -2.08. The molecule has 0 saturated carbocycles. The van der Waals surface area contributed by atoms with Gasteiger partial charge in [0.2, 0.25) is 5.91 Å². The van der Waals surface area contributed by atoms with Crippen LogP contribution in [-0.2, 0) is 0 Å². The fraction of sp³-hybridized carbons (Fsp3) is 0.0800. The number of benzene rings is 3. The Morgan fingerprint density at radius 3 is 2.45 bits per heavy atom. The van der Waals surface area contributed by atoms with Crippen molar-refractivity contribution in [1.82, 2.24) is 15.1 Å². The zero-order chi connectivity index (χ0) is 21.8. The molecule has 1 amide bonds. The smallest absolute Gasteiger partial charge is 0.252 e. The van der Waals surface area contributed by atoms with Crippen molar-refractivity contribution in [2.24, 2.45) is 0 Å². The van der Waals surface area contributed by atoms with Gasteiger partial charge >= 0.3 is 0 Å². The van der Waals surface area contributed by atoms with E-state index in [2.05, 4.69) is 10.4 Å². The minimum Gasteiger partial charge on any atom is -0.355 e. The van der Waals surface area contributed by atoms with Crippen molar-refractivity contribution in [2.45, 2.75) is 16.7 Å². The van der Waals surface area contributed by atoms with Gasteiger partial charge < -0.3 is 5.32 Å². The molecule has 6 heteroatoms. The van der Waals surface area contributed by atoms with Gasteiger partial charge in [-0.3, -0.25) is 9.59 Å². The maximum Gasteiger partial charge on any atom is 0.252 e. The molecule has 0 spiro atoms. The van der Waals surface area contributed by atoms with Crippen molar-refractivity contribution in [3.63, 3.8) is 0 Å². The van der Waals surface area contributed by atoms with Crippen molar-refractivity contribution < 1.29 is 9.59 Å². The molecule has 0 radical (unpaired) electrons. The maximum absolute atomic E-state index is 12.2. The van der Waals surface area contributed by atoms with E-state index in [1.165, 1.54) is 23.4 Å². The second-order valence-electron chi connectivity index (χ2n) is 6.92. The molecule has 0 aliphatic heterocycles. The summed E-state index contributed by atoms with van der Waals surface area (Å²) >= 11 is 1.48. The van der Waals surface area contributed by atoms with E-state index in [4.69, 9.17) is 0 Å². The Hall–Kier alpha value is -3.64. The zero-order valence-corrected chi connectivity index (χ0v) is 18.0. The molecule has 3 aromatic carbocycles. The number of carbonyl (C=O) groups excluding carboxylic acids is 2. The van der Waals surface area contributed by atoms with Crippen LogP contribution in [0.3, 0.4) is 0 Å². The molecule has 1 aromatic heterocycles. The summed E-state index contributed by atoms with van der Waals surface area (Å²) in [5.41, 5.74) is 3.15. The van der Waals surface area contributed by atoms with E-state index in [1.54, 1.807) is 13.1 Å². The van der Waals surface area contributed by atoms with E-state index in [1.807, 2.05) is 78.9 Å². The summed E-state index contributed by atoms with van der Waals surface area (Å²) in [6.07, 6.45) is 3.90. The Labute approximate surface area is 184 Å². The lowest BCUT2D eigenvalue weighted by atomic mass is 10.1. The molecule has 31 heavy (non-hydrogen) atoms. The third-order valence-corrected chi connectivity index (χ3v) is 5.86. The number of nitrogens with one attached hydrogen (secondary N) is 1. The van der Waals surface area contributed by atoms with Crippen LogP contribution in [0.2, 0.25) is 0 Å². The van der Waals surface area contributed by atoms with Crippen LogP contribution in [0.15, 0.2) is 82.6 Å². The number of fused-ring (bicyclic) bond motifs is 1. The summed E-state index contributed by atoms with van der Waals surface area (Å²) < 4.78 is 1.43. The number of hydrogen-bond acceptors (Lipinski definition) is 4. The van der Waals surface area contributed by atoms with Gasteiger partial charge in [0.25, 0.3) is 5.91 Å². The molecule has 0 aliphatic carbocycles. The van der Waals surface area contributed by atoms with Crippen molar-refractivity contribution in [1.29, 1.82) is 0 Å². The van der Waals surface area contributed by atoms with Crippen LogP contribution in [0.4, 0.5) is 0 Å². The monoisotopic (exact) mass is 427 g/mol. The van der Waals surface area contributed by atoms with Crippen LogP contribution in [0.5, 0.6) is 0 Å². The summed E-state index contributed by atoms with van der Waals surface area (Å²) in [6, 6.07) is 23.3. The first kappa shape index (κ1) is 20.6. The number of hydrogen-bond donors (Lipinski definition) is 1. The molecule has 1 N–H and O–H groups in total. The minimum atomic E-state index is -0.155. The van der Waals surface area contributed by atoms with E-state index >= 15 is 0 Å². The molecule has 1 heterocycles. The standard InChI is InChI=1S/C25H21N3O2S/c1-17(29)28-23-16-19(31-24-11-7-6-10-21(24)25(30)26-2)13-14-20(23)22(27-28)15-12-18-8-4-3-5-9-18/h3-16H,1-2H3,(H,26,30)/b15-12+. The first-order chi connectivity index (χ1) is 15.1. The van der Waals surface area contributed by atoms with Crippen LogP contribution < -0.4 is 5.32 Å².